The number of rotatable bonds is 4. The molecule has 4 nitrogen and oxygen atoms in total. The molecule has 0 amide bonds. The highest BCUT2D eigenvalue weighted by Crippen LogP contribution is 2.22. The van der Waals surface area contributed by atoms with E-state index in [1.165, 1.54) is 0 Å². The van der Waals surface area contributed by atoms with Crippen molar-refractivity contribution in [3.05, 3.63) is 46.5 Å². The van der Waals surface area contributed by atoms with Gasteiger partial charge in [0.1, 0.15) is 11.6 Å². The van der Waals surface area contributed by atoms with Crippen molar-refractivity contribution in [1.82, 2.24) is 20.1 Å². The molecule has 0 aliphatic carbocycles. The summed E-state index contributed by atoms with van der Waals surface area (Å²) in [5, 5.41) is 12.3. The van der Waals surface area contributed by atoms with Crippen LogP contribution in [0.2, 0.25) is 5.02 Å². The van der Waals surface area contributed by atoms with E-state index in [4.69, 9.17) is 11.6 Å². The van der Waals surface area contributed by atoms with E-state index in [1.54, 1.807) is 0 Å². The quantitative estimate of drug-likeness (QED) is 0.923. The minimum absolute atomic E-state index is 0.177. The van der Waals surface area contributed by atoms with Crippen molar-refractivity contribution in [2.45, 2.75) is 26.4 Å². The van der Waals surface area contributed by atoms with E-state index in [9.17, 15) is 0 Å². The molecule has 5 heteroatoms. The fourth-order valence-electron chi connectivity index (χ4n) is 1.79. The molecule has 1 aromatic heterocycles. The molecule has 2 rings (SSSR count). The van der Waals surface area contributed by atoms with Crippen LogP contribution in [0.1, 0.15) is 30.2 Å². The van der Waals surface area contributed by atoms with E-state index in [1.807, 2.05) is 42.8 Å². The van der Waals surface area contributed by atoms with Crippen molar-refractivity contribution >= 4 is 11.6 Å². The molecule has 0 saturated heterocycles. The first-order valence-corrected chi connectivity index (χ1v) is 6.30. The average Bonchev–Trinajstić information content (AvgIpc) is 2.68. The maximum Gasteiger partial charge on any atom is 0.146 e. The summed E-state index contributed by atoms with van der Waals surface area (Å²) in [6.07, 6.45) is 0. The Hall–Kier alpha value is -1.39. The van der Waals surface area contributed by atoms with Crippen LogP contribution in [-0.2, 0) is 13.6 Å². The van der Waals surface area contributed by atoms with E-state index >= 15 is 0 Å². The van der Waals surface area contributed by atoms with Crippen molar-refractivity contribution in [2.24, 2.45) is 7.05 Å². The van der Waals surface area contributed by atoms with Gasteiger partial charge in [-0.05, 0) is 25.5 Å². The first-order chi connectivity index (χ1) is 8.59. The molecule has 0 aliphatic rings. The number of hydrogen-bond donors (Lipinski definition) is 1. The van der Waals surface area contributed by atoms with Crippen molar-refractivity contribution in [2.75, 3.05) is 0 Å². The third-order valence-corrected chi connectivity index (χ3v) is 3.47. The SMILES string of the molecule is Cc1nnc(CN[C@@H](C)c2ccccc2Cl)n1C. The molecule has 1 heterocycles. The topological polar surface area (TPSA) is 42.7 Å². The molecule has 1 aromatic carbocycles. The third kappa shape index (κ3) is 2.71. The van der Waals surface area contributed by atoms with Crippen LogP contribution in [0.25, 0.3) is 0 Å². The molecule has 18 heavy (non-hydrogen) atoms. The summed E-state index contributed by atoms with van der Waals surface area (Å²) in [4.78, 5) is 0. The number of aromatic nitrogens is 3. The zero-order valence-electron chi connectivity index (χ0n) is 10.8. The van der Waals surface area contributed by atoms with Crippen molar-refractivity contribution in [1.29, 1.82) is 0 Å². The Labute approximate surface area is 112 Å². The smallest absolute Gasteiger partial charge is 0.146 e. The minimum atomic E-state index is 0.177. The lowest BCUT2D eigenvalue weighted by atomic mass is 10.1. The normalized spacial score (nSPS) is 12.7. The van der Waals surface area contributed by atoms with Gasteiger partial charge in [-0.3, -0.25) is 0 Å². The Morgan fingerprint density at radius 2 is 2.06 bits per heavy atom. The number of nitrogens with zero attached hydrogens (tertiary/aromatic N) is 3. The summed E-state index contributed by atoms with van der Waals surface area (Å²) in [7, 11) is 1.96. The molecule has 1 N–H and O–H groups in total. The van der Waals surface area contributed by atoms with E-state index in [0.29, 0.717) is 6.54 Å². The highest BCUT2D eigenvalue weighted by atomic mass is 35.5. The fraction of sp³-hybridized carbons (Fsp3) is 0.385. The zero-order chi connectivity index (χ0) is 13.1. The number of benzene rings is 1. The fourth-order valence-corrected chi connectivity index (χ4v) is 2.08. The van der Waals surface area contributed by atoms with E-state index < -0.39 is 0 Å². The summed E-state index contributed by atoms with van der Waals surface area (Å²) in [5.41, 5.74) is 1.10. The molecule has 0 fully saturated rings. The molecule has 2 aromatic rings. The summed E-state index contributed by atoms with van der Waals surface area (Å²) in [6.45, 7) is 4.70. The largest absolute Gasteiger partial charge is 0.317 e. The van der Waals surface area contributed by atoms with Crippen molar-refractivity contribution in [3.63, 3.8) is 0 Å². The van der Waals surface area contributed by atoms with Gasteiger partial charge in [0.2, 0.25) is 0 Å². The number of hydrogen-bond acceptors (Lipinski definition) is 3. The Balaban J connectivity index is 2.03. The molecular weight excluding hydrogens is 248 g/mol. The predicted molar refractivity (Wildman–Crippen MR) is 72.4 cm³/mol. The monoisotopic (exact) mass is 264 g/mol. The molecule has 1 atom stereocenters. The number of aryl methyl sites for hydroxylation is 1. The maximum absolute atomic E-state index is 6.16. The van der Waals surface area contributed by atoms with E-state index in [-0.39, 0.29) is 6.04 Å². The van der Waals surface area contributed by atoms with Crippen molar-refractivity contribution < 1.29 is 0 Å². The minimum Gasteiger partial charge on any atom is -0.317 e. The Morgan fingerprint density at radius 1 is 1.33 bits per heavy atom. The molecule has 0 unspecified atom stereocenters. The number of nitrogens with one attached hydrogen (secondary N) is 1. The predicted octanol–water partition coefficient (Wildman–Crippen LogP) is 2.63. The molecule has 0 radical (unpaired) electrons. The third-order valence-electron chi connectivity index (χ3n) is 3.12. The lowest BCUT2D eigenvalue weighted by molar-refractivity contribution is 0.547. The van der Waals surface area contributed by atoms with Gasteiger partial charge in [-0.25, -0.2) is 0 Å². The molecule has 0 bridgehead atoms. The summed E-state index contributed by atoms with van der Waals surface area (Å²) < 4.78 is 1.98. The van der Waals surface area contributed by atoms with Gasteiger partial charge in [-0.2, -0.15) is 0 Å². The highest BCUT2D eigenvalue weighted by Gasteiger charge is 2.10. The molecule has 96 valence electrons. The van der Waals surface area contributed by atoms with Crippen LogP contribution >= 0.6 is 11.6 Å². The van der Waals surface area contributed by atoms with Gasteiger partial charge in [-0.1, -0.05) is 29.8 Å². The standard InChI is InChI=1S/C13H17ClN4/c1-9(11-6-4-5-7-12(11)14)15-8-13-17-16-10(2)18(13)3/h4-7,9,15H,8H2,1-3H3/t9-/m0/s1. The second-order valence-electron chi connectivity index (χ2n) is 4.35. The maximum atomic E-state index is 6.16. The molecular formula is C13H17ClN4. The van der Waals surface area contributed by atoms with Gasteiger partial charge < -0.3 is 9.88 Å². The molecule has 0 aliphatic heterocycles. The van der Waals surface area contributed by atoms with Crippen LogP contribution in [0.3, 0.4) is 0 Å². The number of halogens is 1. The van der Waals surface area contributed by atoms with Gasteiger partial charge in [0.25, 0.3) is 0 Å². The van der Waals surface area contributed by atoms with Gasteiger partial charge >= 0.3 is 0 Å². The molecule has 0 spiro atoms. The van der Waals surface area contributed by atoms with Crippen LogP contribution in [-0.4, -0.2) is 14.8 Å². The van der Waals surface area contributed by atoms with Crippen LogP contribution < -0.4 is 5.32 Å². The van der Waals surface area contributed by atoms with E-state index in [0.717, 1.165) is 22.2 Å². The van der Waals surface area contributed by atoms with E-state index in [2.05, 4.69) is 22.4 Å². The average molecular weight is 265 g/mol. The second-order valence-corrected chi connectivity index (χ2v) is 4.75. The van der Waals surface area contributed by atoms with Crippen LogP contribution in [0.5, 0.6) is 0 Å². The summed E-state index contributed by atoms with van der Waals surface area (Å²) in [5.74, 6) is 1.84. The Kier molecular flexibility index (Phi) is 3.99. The lowest BCUT2D eigenvalue weighted by Crippen LogP contribution is -2.20. The Bertz CT molecular complexity index is 536. The van der Waals surface area contributed by atoms with Gasteiger partial charge in [0, 0.05) is 18.1 Å². The van der Waals surface area contributed by atoms with Crippen LogP contribution in [0.15, 0.2) is 24.3 Å². The van der Waals surface area contributed by atoms with Gasteiger partial charge in [0.05, 0.1) is 6.54 Å². The molecule has 0 saturated carbocycles. The lowest BCUT2D eigenvalue weighted by Gasteiger charge is -2.15. The summed E-state index contributed by atoms with van der Waals surface area (Å²) in [6, 6.07) is 8.04. The van der Waals surface area contributed by atoms with Gasteiger partial charge in [-0.15, -0.1) is 10.2 Å². The highest BCUT2D eigenvalue weighted by molar-refractivity contribution is 6.31. The first kappa shape index (κ1) is 13.1. The van der Waals surface area contributed by atoms with Crippen molar-refractivity contribution in [3.8, 4) is 0 Å². The van der Waals surface area contributed by atoms with Gasteiger partial charge in [0.15, 0.2) is 0 Å². The van der Waals surface area contributed by atoms with Crippen LogP contribution in [0.4, 0.5) is 0 Å². The zero-order valence-corrected chi connectivity index (χ0v) is 11.6. The summed E-state index contributed by atoms with van der Waals surface area (Å²) >= 11 is 6.16. The Morgan fingerprint density at radius 3 is 2.67 bits per heavy atom. The second kappa shape index (κ2) is 5.50. The van der Waals surface area contributed by atoms with Crippen LogP contribution in [0, 0.1) is 6.92 Å². The first-order valence-electron chi connectivity index (χ1n) is 5.92.